The smallest absolute Gasteiger partial charge is 0.222 e. The molecule has 3 N–H and O–H groups in total. The topological polar surface area (TPSA) is 64.4 Å². The van der Waals surface area contributed by atoms with Gasteiger partial charge in [-0.2, -0.15) is 0 Å². The first-order valence-corrected chi connectivity index (χ1v) is 6.64. The zero-order chi connectivity index (χ0) is 12.7. The van der Waals surface area contributed by atoms with Crippen molar-refractivity contribution in [3.8, 4) is 0 Å². The summed E-state index contributed by atoms with van der Waals surface area (Å²) >= 11 is 1.68. The molecule has 0 fully saturated rings. The van der Waals surface area contributed by atoms with Crippen LogP contribution in [0.15, 0.2) is 11.4 Å². The van der Waals surface area contributed by atoms with Crippen LogP contribution >= 0.6 is 11.3 Å². The number of nitrogens with two attached hydrogens (primary N) is 1. The lowest BCUT2D eigenvalue weighted by Gasteiger charge is -2.12. The highest BCUT2D eigenvalue weighted by Gasteiger charge is 2.11. The van der Waals surface area contributed by atoms with E-state index in [1.165, 1.54) is 10.4 Å². The molecule has 1 amide bonds. The second-order valence-electron chi connectivity index (χ2n) is 3.80. The fraction of sp³-hybridized carbons (Fsp3) is 0.583. The zero-order valence-corrected chi connectivity index (χ0v) is 11.2. The molecule has 0 aliphatic rings. The Balaban J connectivity index is 2.38. The Morgan fingerprint density at radius 2 is 2.41 bits per heavy atom. The second kappa shape index (κ2) is 7.42. The summed E-state index contributed by atoms with van der Waals surface area (Å²) in [6.07, 6.45) is 1.13. The molecule has 0 saturated heterocycles. The fourth-order valence-corrected chi connectivity index (χ4v) is 2.47. The van der Waals surface area contributed by atoms with Gasteiger partial charge >= 0.3 is 0 Å². The Morgan fingerprint density at radius 3 is 3.00 bits per heavy atom. The first kappa shape index (κ1) is 14.2. The van der Waals surface area contributed by atoms with Crippen LogP contribution in [0.2, 0.25) is 0 Å². The Labute approximate surface area is 106 Å². The number of nitrogens with one attached hydrogen (secondary N) is 1. The summed E-state index contributed by atoms with van der Waals surface area (Å²) in [4.78, 5) is 12.8. The molecule has 96 valence electrons. The van der Waals surface area contributed by atoms with Crippen molar-refractivity contribution in [1.82, 2.24) is 5.32 Å². The molecule has 0 spiro atoms. The van der Waals surface area contributed by atoms with Crippen molar-refractivity contribution in [1.29, 1.82) is 0 Å². The van der Waals surface area contributed by atoms with Crippen molar-refractivity contribution in [2.24, 2.45) is 5.73 Å². The Kier molecular flexibility index (Phi) is 6.18. The van der Waals surface area contributed by atoms with E-state index in [2.05, 4.69) is 23.7 Å². The molecule has 0 bridgehead atoms. The monoisotopic (exact) mass is 256 g/mol. The highest BCUT2D eigenvalue weighted by atomic mass is 32.1. The SMILES string of the molecule is CCc1ccsc1CNC(=O)CC(CN)OC. The third-order valence-corrected chi connectivity index (χ3v) is 3.64. The Hall–Kier alpha value is -0.910. The van der Waals surface area contributed by atoms with Gasteiger partial charge in [0.05, 0.1) is 19.1 Å². The van der Waals surface area contributed by atoms with E-state index in [0.29, 0.717) is 19.5 Å². The highest BCUT2D eigenvalue weighted by Crippen LogP contribution is 2.16. The summed E-state index contributed by atoms with van der Waals surface area (Å²) in [6, 6.07) is 2.10. The lowest BCUT2D eigenvalue weighted by molar-refractivity contribution is -0.123. The summed E-state index contributed by atoms with van der Waals surface area (Å²) in [5, 5.41) is 4.95. The van der Waals surface area contributed by atoms with E-state index in [-0.39, 0.29) is 12.0 Å². The van der Waals surface area contributed by atoms with E-state index in [9.17, 15) is 4.79 Å². The molecule has 1 aromatic heterocycles. The molecular formula is C12H20N2O2S. The molecule has 4 nitrogen and oxygen atoms in total. The van der Waals surface area contributed by atoms with Crippen LogP contribution in [-0.4, -0.2) is 25.7 Å². The second-order valence-corrected chi connectivity index (χ2v) is 4.80. The third kappa shape index (κ3) is 4.46. The average Bonchev–Trinajstić information content (AvgIpc) is 2.80. The van der Waals surface area contributed by atoms with Gasteiger partial charge in [-0.1, -0.05) is 6.92 Å². The first-order valence-electron chi connectivity index (χ1n) is 5.76. The zero-order valence-electron chi connectivity index (χ0n) is 10.4. The Morgan fingerprint density at radius 1 is 1.65 bits per heavy atom. The van der Waals surface area contributed by atoms with Crippen molar-refractivity contribution >= 4 is 17.2 Å². The number of methoxy groups -OCH3 is 1. The van der Waals surface area contributed by atoms with E-state index in [1.807, 2.05) is 0 Å². The van der Waals surface area contributed by atoms with Gasteiger partial charge in [-0.25, -0.2) is 0 Å². The van der Waals surface area contributed by atoms with Crippen molar-refractivity contribution in [3.63, 3.8) is 0 Å². The van der Waals surface area contributed by atoms with E-state index in [4.69, 9.17) is 10.5 Å². The van der Waals surface area contributed by atoms with E-state index >= 15 is 0 Å². The summed E-state index contributed by atoms with van der Waals surface area (Å²) in [7, 11) is 1.57. The van der Waals surface area contributed by atoms with Crippen LogP contribution < -0.4 is 11.1 Å². The molecular weight excluding hydrogens is 236 g/mol. The lowest BCUT2D eigenvalue weighted by Crippen LogP contribution is -2.31. The predicted molar refractivity (Wildman–Crippen MR) is 70.0 cm³/mol. The van der Waals surface area contributed by atoms with Gasteiger partial charge in [-0.15, -0.1) is 11.3 Å². The number of hydrogen-bond donors (Lipinski definition) is 2. The van der Waals surface area contributed by atoms with Gasteiger partial charge in [0.1, 0.15) is 0 Å². The van der Waals surface area contributed by atoms with Gasteiger partial charge in [0, 0.05) is 18.5 Å². The fourth-order valence-electron chi connectivity index (χ4n) is 1.56. The minimum absolute atomic E-state index is 0.0160. The minimum Gasteiger partial charge on any atom is -0.380 e. The van der Waals surface area contributed by atoms with Crippen LogP contribution in [-0.2, 0) is 22.5 Å². The van der Waals surface area contributed by atoms with Crippen LogP contribution in [0.5, 0.6) is 0 Å². The predicted octanol–water partition coefficient (Wildman–Crippen LogP) is 1.29. The molecule has 0 radical (unpaired) electrons. The molecule has 0 aromatic carbocycles. The molecule has 0 aliphatic carbocycles. The van der Waals surface area contributed by atoms with Crippen LogP contribution in [0.25, 0.3) is 0 Å². The van der Waals surface area contributed by atoms with Gasteiger partial charge in [0.25, 0.3) is 0 Å². The molecule has 1 rings (SSSR count). The van der Waals surface area contributed by atoms with Crippen molar-refractivity contribution in [2.45, 2.75) is 32.4 Å². The van der Waals surface area contributed by atoms with E-state index in [1.54, 1.807) is 18.4 Å². The lowest BCUT2D eigenvalue weighted by atomic mass is 10.2. The van der Waals surface area contributed by atoms with Crippen LogP contribution in [0.3, 0.4) is 0 Å². The summed E-state index contributed by atoms with van der Waals surface area (Å²) in [6.45, 7) is 3.08. The molecule has 1 atom stereocenters. The maximum atomic E-state index is 11.6. The van der Waals surface area contributed by atoms with Crippen molar-refractivity contribution in [3.05, 3.63) is 21.9 Å². The Bertz CT molecular complexity index is 348. The number of ether oxygens (including phenoxy) is 1. The number of amides is 1. The molecule has 0 aliphatic heterocycles. The molecule has 1 heterocycles. The number of aryl methyl sites for hydroxylation is 1. The normalized spacial score (nSPS) is 12.4. The number of carbonyl (C=O) groups excluding carboxylic acids is 1. The van der Waals surface area contributed by atoms with Crippen molar-refractivity contribution < 1.29 is 9.53 Å². The molecule has 5 heteroatoms. The summed E-state index contributed by atoms with van der Waals surface area (Å²) in [5.74, 6) is -0.0160. The van der Waals surface area contributed by atoms with Crippen LogP contribution in [0, 0.1) is 0 Å². The van der Waals surface area contributed by atoms with Crippen LogP contribution in [0.1, 0.15) is 23.8 Å². The van der Waals surface area contributed by atoms with Gasteiger partial charge in [0.2, 0.25) is 5.91 Å². The van der Waals surface area contributed by atoms with Crippen molar-refractivity contribution in [2.75, 3.05) is 13.7 Å². The number of thiophene rings is 1. The molecule has 1 aromatic rings. The maximum absolute atomic E-state index is 11.6. The first-order chi connectivity index (χ1) is 8.21. The van der Waals surface area contributed by atoms with E-state index in [0.717, 1.165) is 6.42 Å². The van der Waals surface area contributed by atoms with Gasteiger partial charge in [0.15, 0.2) is 0 Å². The summed E-state index contributed by atoms with van der Waals surface area (Å²) < 4.78 is 5.07. The number of carbonyl (C=O) groups is 1. The largest absolute Gasteiger partial charge is 0.380 e. The average molecular weight is 256 g/mol. The molecule has 17 heavy (non-hydrogen) atoms. The molecule has 1 unspecified atom stereocenters. The van der Waals surface area contributed by atoms with E-state index < -0.39 is 0 Å². The maximum Gasteiger partial charge on any atom is 0.222 e. The van der Waals surface area contributed by atoms with Gasteiger partial charge in [-0.05, 0) is 23.4 Å². The third-order valence-electron chi connectivity index (χ3n) is 2.67. The number of rotatable bonds is 7. The minimum atomic E-state index is -0.191. The van der Waals surface area contributed by atoms with Crippen LogP contribution in [0.4, 0.5) is 0 Å². The van der Waals surface area contributed by atoms with Gasteiger partial charge < -0.3 is 15.8 Å². The number of hydrogen-bond acceptors (Lipinski definition) is 4. The molecule has 0 saturated carbocycles. The highest BCUT2D eigenvalue weighted by molar-refractivity contribution is 7.10. The summed E-state index contributed by atoms with van der Waals surface area (Å²) in [5.41, 5.74) is 6.77. The standard InChI is InChI=1S/C12H20N2O2S/c1-3-9-4-5-17-11(9)8-14-12(15)6-10(7-13)16-2/h4-5,10H,3,6-8,13H2,1-2H3,(H,14,15). The van der Waals surface area contributed by atoms with Gasteiger partial charge in [-0.3, -0.25) is 4.79 Å². The quantitative estimate of drug-likeness (QED) is 0.772.